The lowest BCUT2D eigenvalue weighted by molar-refractivity contribution is 0.404. The van der Waals surface area contributed by atoms with Crippen LogP contribution in [0.2, 0.25) is 0 Å². The second-order valence-corrected chi connectivity index (χ2v) is 35.5. The summed E-state index contributed by atoms with van der Waals surface area (Å²) in [6.07, 6.45) is 61.4. The number of rotatable bonds is 10. The molecular formula is C93H128. The van der Waals surface area contributed by atoms with Gasteiger partial charge in [-0.1, -0.05) is 181 Å². The Bertz CT molecular complexity index is 3080. The Hall–Kier alpha value is -3.90. The summed E-state index contributed by atoms with van der Waals surface area (Å²) < 4.78 is 0. The van der Waals surface area contributed by atoms with Gasteiger partial charge in [0.15, 0.2) is 0 Å². The summed E-state index contributed by atoms with van der Waals surface area (Å²) in [7, 11) is 0. The fraction of sp³-hybridized carbons (Fsp3) is 0.677. The highest BCUT2D eigenvalue weighted by Gasteiger charge is 2.50. The van der Waals surface area contributed by atoms with Crippen molar-refractivity contribution in [1.82, 2.24) is 0 Å². The molecule has 8 bridgehead atoms. The highest BCUT2D eigenvalue weighted by molar-refractivity contribution is 5.47. The third-order valence-corrected chi connectivity index (χ3v) is 30.7. The van der Waals surface area contributed by atoms with Crippen LogP contribution in [0.5, 0.6) is 0 Å². The normalized spacial score (nSPS) is 32.1. The first-order valence-electron chi connectivity index (χ1n) is 41.1. The molecule has 0 heteroatoms. The quantitative estimate of drug-likeness (QED) is 0.131. The molecule has 0 nitrogen and oxygen atoms in total. The zero-order valence-corrected chi connectivity index (χ0v) is 59.9. The SMILES string of the molecule is Cc1c(C23CCC(CC2)C3)cccc1C12CCC(CC1)C2.Cc1c(C2CC3CCC2C3)cccc1C1CC2CCC1C2.Cc1c(C2CCC2)cccc1C1CCC1.Cc1c(C2CCCC2)cccc1C1CCCC1.Cc1c(C2CCCCC2)cccc1C1CCCCC1. The van der Waals surface area contributed by atoms with Gasteiger partial charge in [0.05, 0.1) is 0 Å². The van der Waals surface area contributed by atoms with Crippen LogP contribution < -0.4 is 0 Å². The molecule has 6 atom stereocenters. The Morgan fingerprint density at radius 3 is 0.753 bits per heavy atom. The summed E-state index contributed by atoms with van der Waals surface area (Å²) in [6, 6.07) is 36.0. The number of hydrogen-bond donors (Lipinski definition) is 0. The van der Waals surface area contributed by atoms with Gasteiger partial charge in [-0.2, -0.15) is 0 Å². The van der Waals surface area contributed by atoms with Gasteiger partial charge in [0.1, 0.15) is 0 Å². The highest BCUT2D eigenvalue weighted by Crippen LogP contribution is 2.61. The third-order valence-electron chi connectivity index (χ3n) is 30.7. The zero-order valence-electron chi connectivity index (χ0n) is 59.9. The predicted molar refractivity (Wildman–Crippen MR) is 396 cm³/mol. The fourth-order valence-corrected chi connectivity index (χ4v) is 25.1. The van der Waals surface area contributed by atoms with Crippen LogP contribution >= 0.6 is 0 Å². The lowest BCUT2D eigenvalue weighted by atomic mass is 9.70. The van der Waals surface area contributed by atoms with Gasteiger partial charge < -0.3 is 0 Å². The van der Waals surface area contributed by atoms with Crippen molar-refractivity contribution in [2.75, 3.05) is 0 Å². The van der Waals surface area contributed by atoms with E-state index in [4.69, 9.17) is 0 Å². The number of fused-ring (bicyclic) bond motifs is 8. The molecule has 5 aromatic rings. The van der Waals surface area contributed by atoms with Crippen molar-refractivity contribution in [2.45, 2.75) is 362 Å². The maximum atomic E-state index is 2.49. The van der Waals surface area contributed by atoms with Crippen molar-refractivity contribution < 1.29 is 0 Å². The van der Waals surface area contributed by atoms with Crippen LogP contribution in [0.25, 0.3) is 0 Å². The van der Waals surface area contributed by atoms with Crippen molar-refractivity contribution in [3.8, 4) is 0 Å². The van der Waals surface area contributed by atoms with Gasteiger partial charge >= 0.3 is 0 Å². The minimum Gasteiger partial charge on any atom is -0.0617 e. The van der Waals surface area contributed by atoms with Gasteiger partial charge in [-0.15, -0.1) is 0 Å². The van der Waals surface area contributed by atoms with Crippen LogP contribution in [0.15, 0.2) is 91.0 Å². The number of benzene rings is 5. The predicted octanol–water partition coefficient (Wildman–Crippen LogP) is 27.4. The first-order chi connectivity index (χ1) is 45.6. The molecule has 0 saturated heterocycles. The summed E-state index contributed by atoms with van der Waals surface area (Å²) in [4.78, 5) is 0. The van der Waals surface area contributed by atoms with E-state index in [1.165, 1.54) is 270 Å². The molecule has 5 aromatic carbocycles. The molecule has 19 rings (SSSR count). The van der Waals surface area contributed by atoms with Gasteiger partial charge in [-0.05, 0) is 392 Å². The van der Waals surface area contributed by atoms with E-state index in [1.807, 2.05) is 0 Å². The van der Waals surface area contributed by atoms with Gasteiger partial charge in [-0.25, -0.2) is 0 Å². The molecule has 0 N–H and O–H groups in total. The molecule has 500 valence electrons. The Morgan fingerprint density at radius 2 is 0.505 bits per heavy atom. The van der Waals surface area contributed by atoms with Crippen molar-refractivity contribution in [1.29, 1.82) is 0 Å². The van der Waals surface area contributed by atoms with E-state index in [1.54, 1.807) is 83.5 Å². The standard InChI is InChI=1S/2C21H28.C19H28.C17H24.C15H20/c1-15-18(20-9-5-16(13-20)6-10-20)3-2-4-19(15)21-11-7-17(14-21)8-12-21;1-13-18(20-11-14-5-7-16(20)9-14)3-2-4-19(13)21-12-15-6-8-17(21)10-15;1-15-18(16-9-4-2-5-10-16)13-8-14-19(15)17-11-6-3-7-12-17;1-13-16(14-7-2-3-8-14)11-6-12-17(13)15-9-4-5-10-15;1-11-14(12-5-2-6-12)9-4-10-15(11)13-7-3-8-13/h2-4,16-17H,5-14H2,1H3;2-4,14-17,20-21H,5-12H2,1H3;8,13-14,16-17H,2-7,9-12H2,1H3;6,11-12,14-15H,2-5,7-10H2,1H3;4,9-10,12-13H,2-3,5-8H2,1H3. The third kappa shape index (κ3) is 13.5. The van der Waals surface area contributed by atoms with E-state index in [0.29, 0.717) is 10.8 Å². The van der Waals surface area contributed by atoms with E-state index in [2.05, 4.69) is 126 Å². The molecular weight excluding hydrogens is 1120 g/mol. The smallest absolute Gasteiger partial charge is 0.00414 e. The molecule has 0 spiro atoms. The van der Waals surface area contributed by atoms with E-state index < -0.39 is 0 Å². The molecule has 6 unspecified atom stereocenters. The van der Waals surface area contributed by atoms with E-state index in [-0.39, 0.29) is 0 Å². The molecule has 0 heterocycles. The molecule has 0 aliphatic heterocycles. The van der Waals surface area contributed by atoms with Crippen LogP contribution in [-0.4, -0.2) is 0 Å². The average molecular weight is 1250 g/mol. The van der Waals surface area contributed by atoms with E-state index in [9.17, 15) is 0 Å². The molecule has 0 aromatic heterocycles. The van der Waals surface area contributed by atoms with Crippen LogP contribution in [0.1, 0.15) is 400 Å². The Kier molecular flexibility index (Phi) is 20.2. The molecule has 0 radical (unpaired) electrons. The number of hydrogen-bond acceptors (Lipinski definition) is 0. The Labute approximate surface area is 569 Å². The van der Waals surface area contributed by atoms with Crippen molar-refractivity contribution >= 4 is 0 Å². The molecule has 14 saturated carbocycles. The van der Waals surface area contributed by atoms with Crippen LogP contribution in [-0.2, 0) is 10.8 Å². The molecule has 93 heavy (non-hydrogen) atoms. The minimum atomic E-state index is 0.581. The van der Waals surface area contributed by atoms with Crippen LogP contribution in [0, 0.1) is 70.1 Å². The fourth-order valence-electron chi connectivity index (χ4n) is 25.1. The summed E-state index contributed by atoms with van der Waals surface area (Å²) in [5.74, 6) is 13.3. The maximum absolute atomic E-state index is 2.49. The Morgan fingerprint density at radius 1 is 0.237 bits per heavy atom. The summed E-state index contributed by atoms with van der Waals surface area (Å²) >= 11 is 0. The summed E-state index contributed by atoms with van der Waals surface area (Å²) in [6.45, 7) is 12.0. The first-order valence-corrected chi connectivity index (χ1v) is 41.1. The van der Waals surface area contributed by atoms with E-state index >= 15 is 0 Å². The van der Waals surface area contributed by atoms with Crippen molar-refractivity contribution in [2.24, 2.45) is 35.5 Å². The van der Waals surface area contributed by atoms with Gasteiger partial charge in [0, 0.05) is 0 Å². The van der Waals surface area contributed by atoms with Crippen molar-refractivity contribution in [3.63, 3.8) is 0 Å². The Balaban J connectivity index is 0.0000000967. The van der Waals surface area contributed by atoms with Crippen LogP contribution in [0.3, 0.4) is 0 Å². The minimum absolute atomic E-state index is 0.581. The van der Waals surface area contributed by atoms with Gasteiger partial charge in [0.25, 0.3) is 0 Å². The summed E-state index contributed by atoms with van der Waals surface area (Å²) in [5, 5.41) is 0. The first kappa shape index (κ1) is 65.1. The lowest BCUT2D eigenvalue weighted by Crippen LogP contribution is -2.26. The largest absolute Gasteiger partial charge is 0.0617 e. The highest BCUT2D eigenvalue weighted by atomic mass is 14.5. The molecule has 14 fully saturated rings. The van der Waals surface area contributed by atoms with Gasteiger partial charge in [-0.3, -0.25) is 0 Å². The summed E-state index contributed by atoms with van der Waals surface area (Å²) in [5.41, 5.74) is 26.4. The van der Waals surface area contributed by atoms with Crippen molar-refractivity contribution in [3.05, 3.63) is 174 Å². The van der Waals surface area contributed by atoms with Crippen LogP contribution in [0.4, 0.5) is 0 Å². The average Bonchev–Trinajstić information content (AvgIpc) is 1.64. The molecule has 14 aliphatic rings. The maximum Gasteiger partial charge on any atom is -0.00414 e. The topological polar surface area (TPSA) is 0 Å². The van der Waals surface area contributed by atoms with Gasteiger partial charge in [0.2, 0.25) is 0 Å². The second kappa shape index (κ2) is 28.9. The molecule has 0 amide bonds. The zero-order chi connectivity index (χ0) is 63.0. The molecule has 14 aliphatic carbocycles. The lowest BCUT2D eigenvalue weighted by Gasteiger charge is -2.34. The van der Waals surface area contributed by atoms with E-state index in [0.717, 1.165) is 82.9 Å². The second-order valence-electron chi connectivity index (χ2n) is 35.5. The monoisotopic (exact) mass is 1250 g/mol.